The van der Waals surface area contributed by atoms with E-state index < -0.39 is 44.5 Å². The Morgan fingerprint density at radius 1 is 1.25 bits per heavy atom. The molecule has 2 rings (SSSR count). The highest BCUT2D eigenvalue weighted by Gasteiger charge is 2.33. The fourth-order valence-electron chi connectivity index (χ4n) is 2.00. The van der Waals surface area contributed by atoms with Gasteiger partial charge >= 0.3 is 0 Å². The molecule has 1 aliphatic heterocycles. The number of rotatable bonds is 4. The zero-order chi connectivity index (χ0) is 14.9. The van der Waals surface area contributed by atoms with E-state index in [1.54, 1.807) is 0 Å². The van der Waals surface area contributed by atoms with E-state index in [9.17, 15) is 21.6 Å². The van der Waals surface area contributed by atoms with E-state index in [4.69, 9.17) is 4.74 Å². The third-order valence-corrected chi connectivity index (χ3v) is 4.56. The Bertz CT molecular complexity index is 609. The maximum atomic E-state index is 13.5. The van der Waals surface area contributed by atoms with Crippen LogP contribution in [0.2, 0.25) is 0 Å². The lowest BCUT2D eigenvalue weighted by molar-refractivity contribution is 0.103. The number of hydrogen-bond donors (Lipinski definition) is 2. The molecule has 2 N–H and O–H groups in total. The Hall–Kier alpha value is -1.16. The van der Waals surface area contributed by atoms with Gasteiger partial charge in [0.25, 0.3) is 0 Å². The minimum atomic E-state index is -4.31. The third kappa shape index (κ3) is 2.80. The molecule has 20 heavy (non-hydrogen) atoms. The summed E-state index contributed by atoms with van der Waals surface area (Å²) in [6.45, 7) is 0.729. The first-order chi connectivity index (χ1) is 9.36. The summed E-state index contributed by atoms with van der Waals surface area (Å²) in [4.78, 5) is -0.932. The van der Waals surface area contributed by atoms with Gasteiger partial charge in [-0.05, 0) is 12.1 Å². The quantitative estimate of drug-likeness (QED) is 0.789. The summed E-state index contributed by atoms with van der Waals surface area (Å²) in [6, 6.07) is 0.631. The van der Waals surface area contributed by atoms with Gasteiger partial charge in [0.15, 0.2) is 17.5 Å². The first-order valence-corrected chi connectivity index (χ1v) is 7.24. The molecule has 1 fully saturated rings. The molecule has 1 heterocycles. The second kappa shape index (κ2) is 5.68. The lowest BCUT2D eigenvalue weighted by Crippen LogP contribution is -2.43. The SMILES string of the molecule is CO[C@H]1CNCC1NS(=O)(=O)c1ccc(F)c(F)c1F. The van der Waals surface area contributed by atoms with Gasteiger partial charge in [-0.15, -0.1) is 0 Å². The molecule has 1 aromatic carbocycles. The Morgan fingerprint density at radius 3 is 2.60 bits per heavy atom. The molecular weight excluding hydrogens is 297 g/mol. The van der Waals surface area contributed by atoms with Crippen LogP contribution in [0.15, 0.2) is 17.0 Å². The van der Waals surface area contributed by atoms with Crippen molar-refractivity contribution < 1.29 is 26.3 Å². The average molecular weight is 310 g/mol. The van der Waals surface area contributed by atoms with E-state index in [0.29, 0.717) is 25.2 Å². The molecule has 0 spiro atoms. The van der Waals surface area contributed by atoms with Crippen LogP contribution in [-0.4, -0.2) is 40.8 Å². The Morgan fingerprint density at radius 2 is 1.95 bits per heavy atom. The van der Waals surface area contributed by atoms with E-state index in [2.05, 4.69) is 10.0 Å². The van der Waals surface area contributed by atoms with Crippen molar-refractivity contribution in [1.29, 1.82) is 0 Å². The van der Waals surface area contributed by atoms with Crippen molar-refractivity contribution in [2.45, 2.75) is 17.0 Å². The molecule has 0 saturated carbocycles. The van der Waals surface area contributed by atoms with Crippen LogP contribution in [0.3, 0.4) is 0 Å². The van der Waals surface area contributed by atoms with Crippen molar-refractivity contribution in [3.63, 3.8) is 0 Å². The highest BCUT2D eigenvalue weighted by Crippen LogP contribution is 2.20. The topological polar surface area (TPSA) is 67.4 Å². The maximum Gasteiger partial charge on any atom is 0.243 e. The smallest absolute Gasteiger partial charge is 0.243 e. The molecule has 0 radical (unpaired) electrons. The van der Waals surface area contributed by atoms with Gasteiger partial charge in [-0.3, -0.25) is 0 Å². The molecule has 0 aromatic heterocycles. The minimum Gasteiger partial charge on any atom is -0.378 e. The second-order valence-electron chi connectivity index (χ2n) is 4.33. The molecule has 112 valence electrons. The van der Waals surface area contributed by atoms with Gasteiger partial charge in [-0.1, -0.05) is 0 Å². The molecular formula is C11H13F3N2O3S. The number of halogens is 3. The number of hydrogen-bond acceptors (Lipinski definition) is 4. The molecule has 0 aliphatic carbocycles. The summed E-state index contributed by atoms with van der Waals surface area (Å²) in [7, 11) is -2.89. The van der Waals surface area contributed by atoms with E-state index >= 15 is 0 Å². The fourth-order valence-corrected chi connectivity index (χ4v) is 3.33. The van der Waals surface area contributed by atoms with Gasteiger partial charge in [0.05, 0.1) is 12.1 Å². The predicted molar refractivity (Wildman–Crippen MR) is 64.1 cm³/mol. The molecule has 1 saturated heterocycles. The lowest BCUT2D eigenvalue weighted by Gasteiger charge is -2.18. The Labute approximate surface area is 114 Å². The van der Waals surface area contributed by atoms with E-state index in [-0.39, 0.29) is 0 Å². The monoisotopic (exact) mass is 310 g/mol. The number of sulfonamides is 1. The van der Waals surface area contributed by atoms with Crippen LogP contribution in [0.1, 0.15) is 0 Å². The highest BCUT2D eigenvalue weighted by atomic mass is 32.2. The number of nitrogens with one attached hydrogen (secondary N) is 2. The number of ether oxygens (including phenoxy) is 1. The van der Waals surface area contributed by atoms with Crippen molar-refractivity contribution in [1.82, 2.24) is 10.0 Å². The summed E-state index contributed by atoms with van der Waals surface area (Å²) < 4.78 is 70.7. The van der Waals surface area contributed by atoms with Gasteiger partial charge in [-0.25, -0.2) is 26.3 Å². The molecule has 1 aliphatic rings. The Balaban J connectivity index is 2.29. The fraction of sp³-hybridized carbons (Fsp3) is 0.455. The first kappa shape index (κ1) is 15.2. The second-order valence-corrected chi connectivity index (χ2v) is 6.02. The molecule has 1 aromatic rings. The van der Waals surface area contributed by atoms with Crippen molar-refractivity contribution in [2.24, 2.45) is 0 Å². The molecule has 0 bridgehead atoms. The predicted octanol–water partition coefficient (Wildman–Crippen LogP) is 0.369. The van der Waals surface area contributed by atoms with Crippen molar-refractivity contribution in [3.8, 4) is 0 Å². The largest absolute Gasteiger partial charge is 0.378 e. The molecule has 9 heteroatoms. The lowest BCUT2D eigenvalue weighted by atomic mass is 10.2. The summed E-state index contributed by atoms with van der Waals surface area (Å²) in [5.74, 6) is -5.00. The van der Waals surface area contributed by atoms with Crippen LogP contribution < -0.4 is 10.0 Å². The van der Waals surface area contributed by atoms with E-state index in [1.165, 1.54) is 7.11 Å². The third-order valence-electron chi connectivity index (χ3n) is 3.06. The zero-order valence-electron chi connectivity index (χ0n) is 10.5. The van der Waals surface area contributed by atoms with Gasteiger partial charge in [0.1, 0.15) is 4.90 Å². The van der Waals surface area contributed by atoms with Gasteiger partial charge in [0.2, 0.25) is 10.0 Å². The van der Waals surface area contributed by atoms with Gasteiger partial charge in [0, 0.05) is 20.2 Å². The van der Waals surface area contributed by atoms with Crippen LogP contribution in [0.25, 0.3) is 0 Å². The molecule has 5 nitrogen and oxygen atoms in total. The van der Waals surface area contributed by atoms with Crippen LogP contribution in [0.5, 0.6) is 0 Å². The average Bonchev–Trinajstić information content (AvgIpc) is 2.82. The normalized spacial score (nSPS) is 23.2. The molecule has 0 amide bonds. The van der Waals surface area contributed by atoms with Gasteiger partial charge < -0.3 is 10.1 Å². The maximum absolute atomic E-state index is 13.5. The van der Waals surface area contributed by atoms with E-state index in [0.717, 1.165) is 0 Å². The molecule has 1 unspecified atom stereocenters. The summed E-state index contributed by atoms with van der Waals surface area (Å²) in [5, 5.41) is 2.90. The zero-order valence-corrected chi connectivity index (χ0v) is 11.3. The van der Waals surface area contributed by atoms with Gasteiger partial charge in [-0.2, -0.15) is 0 Å². The first-order valence-electron chi connectivity index (χ1n) is 5.76. The minimum absolute atomic E-state index is 0.295. The van der Waals surface area contributed by atoms with Crippen LogP contribution >= 0.6 is 0 Å². The highest BCUT2D eigenvalue weighted by molar-refractivity contribution is 7.89. The van der Waals surface area contributed by atoms with E-state index in [1.807, 2.05) is 0 Å². The van der Waals surface area contributed by atoms with Crippen molar-refractivity contribution >= 4 is 10.0 Å². The standard InChI is InChI=1S/C11H13F3N2O3S/c1-19-8-5-15-4-7(8)16-20(17,18)9-3-2-6(12)10(13)11(9)14/h2-3,7-8,15-16H,4-5H2,1H3/t7?,8-/m0/s1. The number of methoxy groups -OCH3 is 1. The van der Waals surface area contributed by atoms with Crippen LogP contribution in [0.4, 0.5) is 13.2 Å². The summed E-state index contributed by atoms with van der Waals surface area (Å²) >= 11 is 0. The molecule has 2 atom stereocenters. The van der Waals surface area contributed by atoms with Crippen LogP contribution in [-0.2, 0) is 14.8 Å². The van der Waals surface area contributed by atoms with Crippen molar-refractivity contribution in [2.75, 3.05) is 20.2 Å². The Kier molecular flexibility index (Phi) is 4.33. The van der Waals surface area contributed by atoms with Crippen LogP contribution in [0, 0.1) is 17.5 Å². The number of benzene rings is 1. The summed E-state index contributed by atoms with van der Waals surface area (Å²) in [6.07, 6.45) is -0.418. The van der Waals surface area contributed by atoms with Crippen molar-refractivity contribution in [3.05, 3.63) is 29.6 Å². The summed E-state index contributed by atoms with van der Waals surface area (Å²) in [5.41, 5.74) is 0.